The highest BCUT2D eigenvalue weighted by atomic mass is 14.9. The molecule has 1 aromatic heterocycles. The Morgan fingerprint density at radius 3 is 2.82 bits per heavy atom. The molecule has 2 aromatic rings. The van der Waals surface area contributed by atoms with E-state index in [0.29, 0.717) is 5.69 Å². The Kier molecular flexibility index (Phi) is 3.37. The molecule has 0 saturated carbocycles. The van der Waals surface area contributed by atoms with Crippen LogP contribution < -0.4 is 5.32 Å². The largest absolute Gasteiger partial charge is 0.380 e. The summed E-state index contributed by atoms with van der Waals surface area (Å²) in [6.45, 7) is 2.84. The third-order valence-electron chi connectivity index (χ3n) is 2.46. The maximum absolute atomic E-state index is 8.63. The smallest absolute Gasteiger partial charge is 0.140 e. The minimum Gasteiger partial charge on any atom is -0.380 e. The van der Waals surface area contributed by atoms with Crippen molar-refractivity contribution < 1.29 is 0 Å². The van der Waals surface area contributed by atoms with E-state index in [1.165, 1.54) is 11.1 Å². The number of benzene rings is 1. The monoisotopic (exact) mass is 223 g/mol. The van der Waals surface area contributed by atoms with Gasteiger partial charge in [-0.25, -0.2) is 4.98 Å². The fraction of sp³-hybridized carbons (Fsp3) is 0.143. The van der Waals surface area contributed by atoms with Crippen LogP contribution in [-0.4, -0.2) is 4.98 Å². The minimum atomic E-state index is 0.436. The minimum absolute atomic E-state index is 0.436. The van der Waals surface area contributed by atoms with Crippen molar-refractivity contribution in [2.45, 2.75) is 13.5 Å². The van der Waals surface area contributed by atoms with Crippen LogP contribution >= 0.6 is 0 Å². The zero-order valence-electron chi connectivity index (χ0n) is 9.64. The summed E-state index contributed by atoms with van der Waals surface area (Å²) in [6, 6.07) is 13.9. The Morgan fingerprint density at radius 1 is 1.29 bits per heavy atom. The number of hydrogen-bond acceptors (Lipinski definition) is 3. The van der Waals surface area contributed by atoms with Gasteiger partial charge in [0.15, 0.2) is 0 Å². The SMILES string of the molecule is Cc1cccc(CNc2ccc(C#N)nc2)c1. The van der Waals surface area contributed by atoms with E-state index < -0.39 is 0 Å². The van der Waals surface area contributed by atoms with Gasteiger partial charge in [-0.05, 0) is 24.6 Å². The fourth-order valence-corrected chi connectivity index (χ4v) is 1.59. The summed E-state index contributed by atoms with van der Waals surface area (Å²) in [5, 5.41) is 11.9. The number of nitrogens with one attached hydrogen (secondary N) is 1. The highest BCUT2D eigenvalue weighted by Gasteiger charge is 1.96. The van der Waals surface area contributed by atoms with Crippen molar-refractivity contribution in [3.8, 4) is 6.07 Å². The van der Waals surface area contributed by atoms with E-state index in [-0.39, 0.29) is 0 Å². The van der Waals surface area contributed by atoms with Gasteiger partial charge in [-0.2, -0.15) is 5.26 Å². The van der Waals surface area contributed by atoms with Crippen LogP contribution in [0.15, 0.2) is 42.6 Å². The highest BCUT2D eigenvalue weighted by molar-refractivity contribution is 5.43. The summed E-state index contributed by atoms with van der Waals surface area (Å²) in [7, 11) is 0. The first-order chi connectivity index (χ1) is 8.28. The fourth-order valence-electron chi connectivity index (χ4n) is 1.59. The number of aryl methyl sites for hydroxylation is 1. The molecule has 0 fully saturated rings. The molecule has 3 heteroatoms. The Balaban J connectivity index is 2.00. The summed E-state index contributed by atoms with van der Waals surface area (Å²) in [5.41, 5.74) is 3.84. The average Bonchev–Trinajstić information content (AvgIpc) is 2.37. The van der Waals surface area contributed by atoms with E-state index in [1.54, 1.807) is 12.3 Å². The lowest BCUT2D eigenvalue weighted by molar-refractivity contribution is 1.13. The molecule has 0 spiro atoms. The lowest BCUT2D eigenvalue weighted by Crippen LogP contribution is -2.00. The number of hydrogen-bond donors (Lipinski definition) is 1. The predicted molar refractivity (Wildman–Crippen MR) is 67.5 cm³/mol. The van der Waals surface area contributed by atoms with Gasteiger partial charge in [0.1, 0.15) is 11.8 Å². The molecule has 0 bridgehead atoms. The molecule has 0 radical (unpaired) electrons. The maximum Gasteiger partial charge on any atom is 0.140 e. The Labute approximate surface area is 101 Å². The van der Waals surface area contributed by atoms with Crippen LogP contribution in [0.1, 0.15) is 16.8 Å². The zero-order chi connectivity index (χ0) is 12.1. The molecule has 0 saturated heterocycles. The van der Waals surface area contributed by atoms with Gasteiger partial charge in [0.05, 0.1) is 11.9 Å². The Bertz CT molecular complexity index is 538. The van der Waals surface area contributed by atoms with Gasteiger partial charge in [0.25, 0.3) is 0 Å². The topological polar surface area (TPSA) is 48.7 Å². The molecular weight excluding hydrogens is 210 g/mol. The van der Waals surface area contributed by atoms with Gasteiger partial charge < -0.3 is 5.32 Å². The number of rotatable bonds is 3. The van der Waals surface area contributed by atoms with E-state index in [0.717, 1.165) is 12.2 Å². The number of aromatic nitrogens is 1. The normalized spacial score (nSPS) is 9.65. The number of nitrogens with zero attached hydrogens (tertiary/aromatic N) is 2. The van der Waals surface area contributed by atoms with E-state index in [9.17, 15) is 0 Å². The van der Waals surface area contributed by atoms with Crippen molar-refractivity contribution in [1.29, 1.82) is 5.26 Å². The molecular formula is C14H13N3. The molecule has 0 atom stereocenters. The van der Waals surface area contributed by atoms with E-state index in [1.807, 2.05) is 18.2 Å². The predicted octanol–water partition coefficient (Wildman–Crippen LogP) is 2.87. The third kappa shape index (κ3) is 3.05. The van der Waals surface area contributed by atoms with Crippen LogP contribution in [0, 0.1) is 18.3 Å². The van der Waals surface area contributed by atoms with Crippen molar-refractivity contribution in [3.63, 3.8) is 0 Å². The van der Waals surface area contributed by atoms with Gasteiger partial charge in [-0.3, -0.25) is 0 Å². The van der Waals surface area contributed by atoms with Crippen molar-refractivity contribution in [1.82, 2.24) is 4.98 Å². The second-order valence-electron chi connectivity index (χ2n) is 3.89. The van der Waals surface area contributed by atoms with Crippen molar-refractivity contribution in [2.24, 2.45) is 0 Å². The van der Waals surface area contributed by atoms with Crippen LogP contribution in [0.4, 0.5) is 5.69 Å². The summed E-state index contributed by atoms with van der Waals surface area (Å²) in [4.78, 5) is 4.00. The lowest BCUT2D eigenvalue weighted by atomic mass is 10.1. The van der Waals surface area contributed by atoms with E-state index in [2.05, 4.69) is 35.4 Å². The van der Waals surface area contributed by atoms with Gasteiger partial charge >= 0.3 is 0 Å². The van der Waals surface area contributed by atoms with Crippen molar-refractivity contribution >= 4 is 5.69 Å². The summed E-state index contributed by atoms with van der Waals surface area (Å²) in [6.07, 6.45) is 1.67. The van der Waals surface area contributed by atoms with Crippen LogP contribution in [-0.2, 0) is 6.54 Å². The highest BCUT2D eigenvalue weighted by Crippen LogP contribution is 2.09. The molecule has 0 unspecified atom stereocenters. The van der Waals surface area contributed by atoms with Gasteiger partial charge in [0, 0.05) is 6.54 Å². The summed E-state index contributed by atoms with van der Waals surface area (Å²) in [5.74, 6) is 0. The quantitative estimate of drug-likeness (QED) is 0.870. The molecule has 0 aliphatic rings. The molecule has 1 aromatic carbocycles. The molecule has 1 heterocycles. The van der Waals surface area contributed by atoms with Crippen LogP contribution in [0.2, 0.25) is 0 Å². The third-order valence-corrected chi connectivity index (χ3v) is 2.46. The van der Waals surface area contributed by atoms with Crippen molar-refractivity contribution in [2.75, 3.05) is 5.32 Å². The second kappa shape index (κ2) is 5.13. The molecule has 17 heavy (non-hydrogen) atoms. The number of pyridine rings is 1. The molecule has 1 N–H and O–H groups in total. The number of nitriles is 1. The first kappa shape index (κ1) is 11.2. The van der Waals surface area contributed by atoms with E-state index in [4.69, 9.17) is 5.26 Å². The summed E-state index contributed by atoms with van der Waals surface area (Å²) < 4.78 is 0. The maximum atomic E-state index is 8.63. The first-order valence-corrected chi connectivity index (χ1v) is 5.43. The molecule has 2 rings (SSSR count). The zero-order valence-corrected chi connectivity index (χ0v) is 9.64. The van der Waals surface area contributed by atoms with Crippen molar-refractivity contribution in [3.05, 3.63) is 59.4 Å². The summed E-state index contributed by atoms with van der Waals surface area (Å²) >= 11 is 0. The first-order valence-electron chi connectivity index (χ1n) is 5.43. The second-order valence-corrected chi connectivity index (χ2v) is 3.89. The van der Waals surface area contributed by atoms with Crippen LogP contribution in [0.3, 0.4) is 0 Å². The number of anilines is 1. The van der Waals surface area contributed by atoms with E-state index >= 15 is 0 Å². The standard InChI is InChI=1S/C14H13N3/c1-11-3-2-4-12(7-11)9-16-14-6-5-13(8-15)17-10-14/h2-7,10,16H,9H2,1H3. The Morgan fingerprint density at radius 2 is 2.18 bits per heavy atom. The molecule has 0 aliphatic heterocycles. The Hall–Kier alpha value is -2.34. The molecule has 0 aliphatic carbocycles. The lowest BCUT2D eigenvalue weighted by Gasteiger charge is -2.06. The molecule has 3 nitrogen and oxygen atoms in total. The van der Waals surface area contributed by atoms with Gasteiger partial charge in [-0.1, -0.05) is 29.8 Å². The average molecular weight is 223 g/mol. The van der Waals surface area contributed by atoms with Gasteiger partial charge in [0.2, 0.25) is 0 Å². The van der Waals surface area contributed by atoms with Crippen LogP contribution in [0.5, 0.6) is 0 Å². The van der Waals surface area contributed by atoms with Crippen LogP contribution in [0.25, 0.3) is 0 Å². The van der Waals surface area contributed by atoms with Gasteiger partial charge in [-0.15, -0.1) is 0 Å². The molecule has 84 valence electrons. The molecule has 0 amide bonds.